The van der Waals surface area contributed by atoms with E-state index in [0.717, 1.165) is 6.07 Å². The number of carbonyl (C=O) groups excluding carboxylic acids is 2. The monoisotopic (exact) mass is 330 g/mol. The van der Waals surface area contributed by atoms with Crippen LogP contribution in [0.1, 0.15) is 20.7 Å². The number of carbonyl (C=O) groups is 2. The lowest BCUT2D eigenvalue weighted by atomic mass is 10.0. The number of hydrogen-bond acceptors (Lipinski definition) is 2. The Morgan fingerprint density at radius 2 is 1.25 bits per heavy atom. The minimum atomic E-state index is -0.848. The Kier molecular flexibility index (Phi) is 4.43. The molecule has 0 aromatic heterocycles. The van der Waals surface area contributed by atoms with E-state index >= 15 is 0 Å². The van der Waals surface area contributed by atoms with Crippen LogP contribution in [-0.4, -0.2) is 11.6 Å². The Hall–Kier alpha value is -1.42. The third-order valence-corrected chi connectivity index (χ3v) is 3.62. The normalized spacial score (nSPS) is 10.4. The van der Waals surface area contributed by atoms with E-state index in [1.54, 1.807) is 0 Å². The van der Waals surface area contributed by atoms with Crippen molar-refractivity contribution in [1.29, 1.82) is 0 Å². The predicted molar refractivity (Wildman–Crippen MR) is 76.5 cm³/mol. The number of hydrogen-bond donors (Lipinski definition) is 0. The third-order valence-electron chi connectivity index (χ3n) is 2.57. The van der Waals surface area contributed by atoms with Crippen molar-refractivity contribution in [3.63, 3.8) is 0 Å². The smallest absolute Gasteiger partial charge is 0.233 e. The highest BCUT2D eigenvalue weighted by atomic mass is 35.5. The van der Waals surface area contributed by atoms with Crippen molar-refractivity contribution in [2.24, 2.45) is 0 Å². The SMILES string of the molecule is O=C(C(=O)c1ccc(Cl)c(Cl)c1)c1ccc(Cl)c(F)c1. The molecule has 0 aliphatic heterocycles. The lowest BCUT2D eigenvalue weighted by Gasteiger charge is -2.03. The van der Waals surface area contributed by atoms with E-state index < -0.39 is 17.4 Å². The van der Waals surface area contributed by atoms with Crippen molar-refractivity contribution in [3.8, 4) is 0 Å². The molecular weight excluding hydrogens is 326 g/mol. The van der Waals surface area contributed by atoms with Crippen molar-refractivity contribution in [2.75, 3.05) is 0 Å². The summed E-state index contributed by atoms with van der Waals surface area (Å²) in [5, 5.41) is 0.310. The fourth-order valence-electron chi connectivity index (χ4n) is 1.54. The molecule has 0 atom stereocenters. The summed E-state index contributed by atoms with van der Waals surface area (Å²) in [6, 6.07) is 7.49. The van der Waals surface area contributed by atoms with Gasteiger partial charge in [-0.2, -0.15) is 0 Å². The van der Waals surface area contributed by atoms with E-state index in [1.807, 2.05) is 0 Å². The molecular formula is C14H6Cl3FO2. The van der Waals surface area contributed by atoms with E-state index in [1.165, 1.54) is 30.3 Å². The first kappa shape index (κ1) is 15.0. The molecule has 0 spiro atoms. The Morgan fingerprint density at radius 1 is 0.750 bits per heavy atom. The van der Waals surface area contributed by atoms with Gasteiger partial charge >= 0.3 is 0 Å². The molecule has 2 aromatic carbocycles. The molecule has 0 N–H and O–H groups in total. The third kappa shape index (κ3) is 3.01. The summed E-state index contributed by atoms with van der Waals surface area (Å²) in [6.07, 6.45) is 0. The molecule has 0 fully saturated rings. The van der Waals surface area contributed by atoms with Crippen molar-refractivity contribution in [1.82, 2.24) is 0 Å². The van der Waals surface area contributed by atoms with Gasteiger partial charge in [0.25, 0.3) is 0 Å². The summed E-state index contributed by atoms with van der Waals surface area (Å²) in [6.45, 7) is 0. The summed E-state index contributed by atoms with van der Waals surface area (Å²) in [4.78, 5) is 24.0. The van der Waals surface area contributed by atoms with Crippen LogP contribution in [0.2, 0.25) is 15.1 Å². The van der Waals surface area contributed by atoms with Gasteiger partial charge in [0.05, 0.1) is 15.1 Å². The summed E-state index contributed by atoms with van der Waals surface area (Å²) in [5.41, 5.74) is 0.00253. The maximum absolute atomic E-state index is 13.3. The second kappa shape index (κ2) is 5.92. The van der Waals surface area contributed by atoms with E-state index in [4.69, 9.17) is 34.8 Å². The molecule has 2 aromatic rings. The molecule has 0 aliphatic carbocycles. The van der Waals surface area contributed by atoms with Gasteiger partial charge in [-0.25, -0.2) is 4.39 Å². The van der Waals surface area contributed by atoms with Crippen LogP contribution in [0.25, 0.3) is 0 Å². The van der Waals surface area contributed by atoms with E-state index in [0.29, 0.717) is 0 Å². The van der Waals surface area contributed by atoms with Crippen LogP contribution in [0.4, 0.5) is 4.39 Å². The second-order valence-corrected chi connectivity index (χ2v) is 5.14. The van der Waals surface area contributed by atoms with Gasteiger partial charge < -0.3 is 0 Å². The average molecular weight is 332 g/mol. The zero-order valence-corrected chi connectivity index (χ0v) is 12.1. The molecule has 0 unspecified atom stereocenters. The summed E-state index contributed by atoms with van der Waals surface area (Å²) >= 11 is 17.0. The lowest BCUT2D eigenvalue weighted by molar-refractivity contribution is 0.0816. The summed E-state index contributed by atoms with van der Waals surface area (Å²) in [5.74, 6) is -2.41. The molecule has 0 saturated carbocycles. The highest BCUT2D eigenvalue weighted by Gasteiger charge is 2.20. The minimum Gasteiger partial charge on any atom is -0.285 e. The topological polar surface area (TPSA) is 34.1 Å². The van der Waals surface area contributed by atoms with Crippen LogP contribution >= 0.6 is 34.8 Å². The van der Waals surface area contributed by atoms with E-state index in [9.17, 15) is 14.0 Å². The van der Waals surface area contributed by atoms with Gasteiger partial charge in [0, 0.05) is 11.1 Å². The van der Waals surface area contributed by atoms with Crippen LogP contribution in [0.5, 0.6) is 0 Å². The van der Waals surface area contributed by atoms with Crippen molar-refractivity contribution in [3.05, 3.63) is 68.4 Å². The lowest BCUT2D eigenvalue weighted by Crippen LogP contribution is -2.14. The molecule has 0 radical (unpaired) electrons. The minimum absolute atomic E-state index is 0.0806. The molecule has 0 bridgehead atoms. The molecule has 102 valence electrons. The van der Waals surface area contributed by atoms with E-state index in [2.05, 4.69) is 0 Å². The Bertz CT molecular complexity index is 652. The van der Waals surface area contributed by atoms with Crippen LogP contribution in [0.3, 0.4) is 0 Å². The molecule has 6 heteroatoms. The van der Waals surface area contributed by atoms with Gasteiger partial charge in [-0.15, -0.1) is 0 Å². The Morgan fingerprint density at radius 3 is 1.75 bits per heavy atom. The first-order chi connectivity index (χ1) is 9.40. The number of ketones is 2. The maximum atomic E-state index is 13.3. The molecule has 0 saturated heterocycles. The van der Waals surface area contributed by atoms with Crippen molar-refractivity contribution in [2.45, 2.75) is 0 Å². The van der Waals surface area contributed by atoms with Gasteiger partial charge in [-0.1, -0.05) is 34.8 Å². The van der Waals surface area contributed by atoms with Crippen LogP contribution in [0.15, 0.2) is 36.4 Å². The zero-order chi connectivity index (χ0) is 14.9. The van der Waals surface area contributed by atoms with Gasteiger partial charge in [0.1, 0.15) is 5.82 Å². The van der Waals surface area contributed by atoms with Gasteiger partial charge in [0.2, 0.25) is 11.6 Å². The molecule has 20 heavy (non-hydrogen) atoms. The highest BCUT2D eigenvalue weighted by molar-refractivity contribution is 6.50. The molecule has 0 heterocycles. The standard InChI is InChI=1S/C14H6Cl3FO2/c15-9-3-1-7(5-11(9)17)13(19)14(20)8-2-4-10(16)12(18)6-8/h1-6H. The van der Waals surface area contributed by atoms with Crippen LogP contribution in [-0.2, 0) is 0 Å². The zero-order valence-electron chi connectivity index (χ0n) is 9.79. The Labute approximate surface area is 129 Å². The molecule has 2 rings (SSSR count). The summed E-state index contributed by atoms with van der Waals surface area (Å²) < 4.78 is 13.3. The first-order valence-electron chi connectivity index (χ1n) is 5.39. The largest absolute Gasteiger partial charge is 0.285 e. The van der Waals surface area contributed by atoms with Crippen LogP contribution < -0.4 is 0 Å². The molecule has 0 aliphatic rings. The summed E-state index contributed by atoms with van der Waals surface area (Å²) in [7, 11) is 0. The predicted octanol–water partition coefficient (Wildman–Crippen LogP) is 4.85. The van der Waals surface area contributed by atoms with Gasteiger partial charge in [-0.05, 0) is 36.4 Å². The first-order valence-corrected chi connectivity index (χ1v) is 6.52. The number of halogens is 4. The fourth-order valence-corrected chi connectivity index (χ4v) is 1.95. The quantitative estimate of drug-likeness (QED) is 0.595. The average Bonchev–Trinajstić information content (AvgIpc) is 2.43. The van der Waals surface area contributed by atoms with Crippen molar-refractivity contribution < 1.29 is 14.0 Å². The molecule has 2 nitrogen and oxygen atoms in total. The fraction of sp³-hybridized carbons (Fsp3) is 0. The number of Topliss-reactive ketones (excluding diaryl/α,β-unsaturated/α-hetero) is 2. The van der Waals surface area contributed by atoms with Crippen LogP contribution in [0, 0.1) is 5.82 Å². The van der Waals surface area contributed by atoms with Gasteiger partial charge in [0.15, 0.2) is 0 Å². The van der Waals surface area contributed by atoms with Gasteiger partial charge in [-0.3, -0.25) is 9.59 Å². The maximum Gasteiger partial charge on any atom is 0.233 e. The van der Waals surface area contributed by atoms with Crippen molar-refractivity contribution >= 4 is 46.4 Å². The highest BCUT2D eigenvalue weighted by Crippen LogP contribution is 2.24. The number of rotatable bonds is 3. The van der Waals surface area contributed by atoms with E-state index in [-0.39, 0.29) is 26.2 Å². The second-order valence-electron chi connectivity index (χ2n) is 3.92. The molecule has 0 amide bonds. The number of benzene rings is 2. The Balaban J connectivity index is 2.34.